The minimum atomic E-state index is -0.806. The second-order valence-electron chi connectivity index (χ2n) is 9.70. The number of ketones is 1. The summed E-state index contributed by atoms with van der Waals surface area (Å²) >= 11 is 0. The number of halogens is 1. The number of aromatic amines is 1. The number of rotatable bonds is 10. The number of fused-ring (bicyclic) bond motifs is 1. The van der Waals surface area contributed by atoms with Crippen molar-refractivity contribution in [2.24, 2.45) is 0 Å². The summed E-state index contributed by atoms with van der Waals surface area (Å²) in [6.07, 6.45) is 2.37. The van der Waals surface area contributed by atoms with Crippen LogP contribution in [-0.4, -0.2) is 66.7 Å². The van der Waals surface area contributed by atoms with Crippen molar-refractivity contribution >= 4 is 28.5 Å². The van der Waals surface area contributed by atoms with Gasteiger partial charge in [0.25, 0.3) is 11.8 Å². The molecule has 1 aliphatic heterocycles. The van der Waals surface area contributed by atoms with Crippen molar-refractivity contribution in [2.75, 3.05) is 26.8 Å². The van der Waals surface area contributed by atoms with Gasteiger partial charge in [0.15, 0.2) is 17.3 Å². The summed E-state index contributed by atoms with van der Waals surface area (Å²) < 4.78 is 25.7. The van der Waals surface area contributed by atoms with Gasteiger partial charge in [-0.3, -0.25) is 19.5 Å². The average Bonchev–Trinajstić information content (AvgIpc) is 3.64. The Kier molecular flexibility index (Phi) is 8.25. The Morgan fingerprint density at radius 3 is 2.24 bits per heavy atom. The monoisotopic (exact) mass is 559 g/mol. The van der Waals surface area contributed by atoms with Gasteiger partial charge in [-0.05, 0) is 42.8 Å². The lowest BCUT2D eigenvalue weighted by Crippen LogP contribution is -2.51. The van der Waals surface area contributed by atoms with Crippen LogP contribution in [0, 0.1) is 5.82 Å². The highest BCUT2D eigenvalue weighted by Crippen LogP contribution is 2.31. The molecule has 2 atom stereocenters. The first-order chi connectivity index (χ1) is 19.9. The number of carbonyl (C=O) groups is 3. The van der Waals surface area contributed by atoms with Crippen LogP contribution < -0.4 is 25.4 Å². The van der Waals surface area contributed by atoms with Gasteiger partial charge in [0.1, 0.15) is 11.3 Å². The number of carbonyl (C=O) groups excluding carboxylic acids is 3. The molecule has 10 nitrogen and oxygen atoms in total. The second kappa shape index (κ2) is 12.2. The third-order valence-electron chi connectivity index (χ3n) is 6.94. The van der Waals surface area contributed by atoms with Crippen molar-refractivity contribution in [1.29, 1.82) is 0 Å². The second-order valence-corrected chi connectivity index (χ2v) is 9.70. The molecular weight excluding hydrogens is 529 g/mol. The van der Waals surface area contributed by atoms with Crippen LogP contribution in [0.4, 0.5) is 4.39 Å². The highest BCUT2D eigenvalue weighted by atomic mass is 19.1. The van der Waals surface area contributed by atoms with E-state index in [-0.39, 0.29) is 46.5 Å². The highest BCUT2D eigenvalue weighted by molar-refractivity contribution is 6.11. The first-order valence-corrected chi connectivity index (χ1v) is 13.3. The molecule has 0 saturated carbocycles. The molecular formula is C30H30FN5O5. The van der Waals surface area contributed by atoms with Crippen LogP contribution in [-0.2, 0) is 0 Å². The van der Waals surface area contributed by atoms with Gasteiger partial charge in [0.05, 0.1) is 37.5 Å². The Morgan fingerprint density at radius 1 is 0.927 bits per heavy atom. The standard InChI is InChI=1S/C30H30FN5O5/c1-3-12-41-24-10-11-25(40-2)27(31)26(24)28(37)17-4-6-18(7-5-17)29(38)34-22-15-32-16-23(22)35-30(39)19-8-9-20-14-33-36-21(20)13-19/h4-11,13-14,22-23,32H,3,12,15-16H2,1-2H3,(H,33,36)(H,34,38)(H,35,39)/t22-,23+/m1/s1. The van der Waals surface area contributed by atoms with E-state index < -0.39 is 11.6 Å². The Balaban J connectivity index is 1.26. The van der Waals surface area contributed by atoms with Crippen LogP contribution in [0.3, 0.4) is 0 Å². The number of ether oxygens (including phenoxy) is 2. The molecule has 0 aliphatic carbocycles. The van der Waals surface area contributed by atoms with Crippen LogP contribution in [0.5, 0.6) is 11.5 Å². The van der Waals surface area contributed by atoms with Gasteiger partial charge < -0.3 is 25.4 Å². The molecule has 1 saturated heterocycles. The summed E-state index contributed by atoms with van der Waals surface area (Å²) in [4.78, 5) is 39.2. The topological polar surface area (TPSA) is 134 Å². The first kappa shape index (κ1) is 27.8. The fraction of sp³-hybridized carbons (Fsp3) is 0.267. The average molecular weight is 560 g/mol. The normalized spacial score (nSPS) is 16.4. The van der Waals surface area contributed by atoms with E-state index >= 15 is 4.39 Å². The van der Waals surface area contributed by atoms with E-state index in [1.807, 2.05) is 13.0 Å². The lowest BCUT2D eigenvalue weighted by molar-refractivity contribution is 0.0896. The lowest BCUT2D eigenvalue weighted by Gasteiger charge is -2.21. The minimum Gasteiger partial charge on any atom is -0.494 e. The summed E-state index contributed by atoms with van der Waals surface area (Å²) in [5.74, 6) is -1.96. The molecule has 41 heavy (non-hydrogen) atoms. The lowest BCUT2D eigenvalue weighted by atomic mass is 10.00. The smallest absolute Gasteiger partial charge is 0.251 e. The number of methoxy groups -OCH3 is 1. The molecule has 2 heterocycles. The van der Waals surface area contributed by atoms with Gasteiger partial charge in [0, 0.05) is 35.2 Å². The van der Waals surface area contributed by atoms with Crippen LogP contribution in [0.25, 0.3) is 10.9 Å². The molecule has 212 valence electrons. The minimum absolute atomic E-state index is 0.0677. The predicted molar refractivity (Wildman–Crippen MR) is 150 cm³/mol. The van der Waals surface area contributed by atoms with E-state index in [1.165, 1.54) is 43.5 Å². The van der Waals surface area contributed by atoms with Gasteiger partial charge in [-0.2, -0.15) is 5.10 Å². The number of H-pyrrole nitrogens is 1. The molecule has 4 N–H and O–H groups in total. The number of amides is 2. The molecule has 2 amide bonds. The van der Waals surface area contributed by atoms with Gasteiger partial charge >= 0.3 is 0 Å². The molecule has 11 heteroatoms. The predicted octanol–water partition coefficient (Wildman–Crippen LogP) is 3.23. The summed E-state index contributed by atoms with van der Waals surface area (Å²) in [5.41, 5.74) is 1.52. The summed E-state index contributed by atoms with van der Waals surface area (Å²) in [6, 6.07) is 13.4. The number of nitrogens with one attached hydrogen (secondary N) is 4. The van der Waals surface area contributed by atoms with E-state index in [4.69, 9.17) is 9.47 Å². The molecule has 1 fully saturated rings. The molecule has 3 aromatic carbocycles. The van der Waals surface area contributed by atoms with E-state index in [0.29, 0.717) is 37.2 Å². The highest BCUT2D eigenvalue weighted by Gasteiger charge is 2.30. The van der Waals surface area contributed by atoms with Crippen LogP contribution in [0.15, 0.2) is 60.8 Å². The molecule has 1 aliphatic rings. The Morgan fingerprint density at radius 2 is 1.56 bits per heavy atom. The summed E-state index contributed by atoms with van der Waals surface area (Å²) in [7, 11) is 1.32. The van der Waals surface area contributed by atoms with Crippen LogP contribution in [0.2, 0.25) is 0 Å². The van der Waals surface area contributed by atoms with Crippen molar-refractivity contribution in [3.8, 4) is 11.5 Å². The first-order valence-electron chi connectivity index (χ1n) is 13.3. The zero-order valence-electron chi connectivity index (χ0n) is 22.6. The van der Waals surface area contributed by atoms with Gasteiger partial charge in [0.2, 0.25) is 0 Å². The largest absolute Gasteiger partial charge is 0.494 e. The zero-order valence-corrected chi connectivity index (χ0v) is 22.6. The third kappa shape index (κ3) is 5.90. The number of hydrogen-bond donors (Lipinski definition) is 4. The molecule has 0 radical (unpaired) electrons. The van der Waals surface area contributed by atoms with Crippen molar-refractivity contribution in [3.63, 3.8) is 0 Å². The quantitative estimate of drug-likeness (QED) is 0.219. The number of nitrogens with zero attached hydrogens (tertiary/aromatic N) is 1. The van der Waals surface area contributed by atoms with Crippen LogP contribution in [0.1, 0.15) is 50.0 Å². The van der Waals surface area contributed by atoms with Crippen molar-refractivity contribution < 1.29 is 28.2 Å². The van der Waals surface area contributed by atoms with Crippen molar-refractivity contribution in [3.05, 3.63) is 88.9 Å². The SMILES string of the molecule is CCCOc1ccc(OC)c(F)c1C(=O)c1ccc(C(=O)N[C@@H]2CNC[C@@H]2NC(=O)c2ccc3cn[nH]c3c2)cc1. The molecule has 0 unspecified atom stereocenters. The maximum atomic E-state index is 15.1. The Labute approximate surface area is 235 Å². The van der Waals surface area contributed by atoms with E-state index in [2.05, 4.69) is 26.1 Å². The molecule has 1 aromatic heterocycles. The third-order valence-corrected chi connectivity index (χ3v) is 6.94. The fourth-order valence-corrected chi connectivity index (χ4v) is 4.72. The Hall–Kier alpha value is -4.77. The molecule has 0 spiro atoms. The molecule has 4 aromatic rings. The van der Waals surface area contributed by atoms with E-state index in [1.54, 1.807) is 18.3 Å². The summed E-state index contributed by atoms with van der Waals surface area (Å²) in [5, 5.41) is 16.9. The van der Waals surface area contributed by atoms with E-state index in [9.17, 15) is 14.4 Å². The summed E-state index contributed by atoms with van der Waals surface area (Å²) in [6.45, 7) is 3.19. The number of aromatic nitrogens is 2. The van der Waals surface area contributed by atoms with Gasteiger partial charge in [-0.25, -0.2) is 4.39 Å². The fourth-order valence-electron chi connectivity index (χ4n) is 4.72. The molecule has 0 bridgehead atoms. The van der Waals surface area contributed by atoms with Gasteiger partial charge in [-0.15, -0.1) is 0 Å². The number of hydrogen-bond acceptors (Lipinski definition) is 7. The Bertz CT molecular complexity index is 1590. The van der Waals surface area contributed by atoms with E-state index in [0.717, 1.165) is 10.9 Å². The number of benzene rings is 3. The van der Waals surface area contributed by atoms with Crippen LogP contribution >= 0.6 is 0 Å². The maximum Gasteiger partial charge on any atom is 0.251 e. The molecule has 5 rings (SSSR count). The zero-order chi connectivity index (χ0) is 28.9. The van der Waals surface area contributed by atoms with Crippen molar-refractivity contribution in [2.45, 2.75) is 25.4 Å². The van der Waals surface area contributed by atoms with Gasteiger partial charge in [-0.1, -0.05) is 25.1 Å². The maximum absolute atomic E-state index is 15.1. The van der Waals surface area contributed by atoms with Crippen molar-refractivity contribution in [1.82, 2.24) is 26.1 Å².